The molecule has 3 nitrogen and oxygen atoms in total. The highest BCUT2D eigenvalue weighted by atomic mass is 19.1. The van der Waals surface area contributed by atoms with E-state index in [1.54, 1.807) is 30.0 Å². The smallest absolute Gasteiger partial charge is 0.150 e. The van der Waals surface area contributed by atoms with Gasteiger partial charge in [-0.1, -0.05) is 19.1 Å². The average Bonchev–Trinajstić information content (AvgIpc) is 2.82. The lowest BCUT2D eigenvalue weighted by Crippen LogP contribution is -2.13. The number of nitrogens with zero attached hydrogens (tertiary/aromatic N) is 2. The highest BCUT2D eigenvalue weighted by Gasteiger charge is 2.07. The first-order chi connectivity index (χ1) is 8.72. The lowest BCUT2D eigenvalue weighted by Gasteiger charge is -2.05. The molecule has 0 bridgehead atoms. The molecule has 0 radical (unpaired) electrons. The average molecular weight is 247 g/mol. The summed E-state index contributed by atoms with van der Waals surface area (Å²) in [4.78, 5) is 4.27. The molecule has 0 unspecified atom stereocenters. The summed E-state index contributed by atoms with van der Waals surface area (Å²) < 4.78 is 15.7. The van der Waals surface area contributed by atoms with Crippen LogP contribution < -0.4 is 5.32 Å². The van der Waals surface area contributed by atoms with Gasteiger partial charge in [0.1, 0.15) is 5.82 Å². The normalized spacial score (nSPS) is 10.8. The molecule has 1 heterocycles. The fourth-order valence-corrected chi connectivity index (χ4v) is 1.81. The van der Waals surface area contributed by atoms with Crippen molar-refractivity contribution in [1.82, 2.24) is 14.9 Å². The Balaban J connectivity index is 2.16. The Morgan fingerprint density at radius 2 is 2.22 bits per heavy atom. The minimum absolute atomic E-state index is 0.192. The van der Waals surface area contributed by atoms with Crippen molar-refractivity contribution in [3.63, 3.8) is 0 Å². The van der Waals surface area contributed by atoms with Crippen molar-refractivity contribution in [3.05, 3.63) is 47.8 Å². The van der Waals surface area contributed by atoms with E-state index >= 15 is 0 Å². The zero-order valence-corrected chi connectivity index (χ0v) is 10.8. The van der Waals surface area contributed by atoms with Gasteiger partial charge < -0.3 is 9.88 Å². The fourth-order valence-electron chi connectivity index (χ4n) is 1.81. The Hall–Kier alpha value is -1.68. The topological polar surface area (TPSA) is 29.9 Å². The summed E-state index contributed by atoms with van der Waals surface area (Å²) >= 11 is 0. The lowest BCUT2D eigenvalue weighted by atomic mass is 10.2. The van der Waals surface area contributed by atoms with Crippen molar-refractivity contribution >= 4 is 0 Å². The van der Waals surface area contributed by atoms with Gasteiger partial charge in [-0.3, -0.25) is 0 Å². The van der Waals surface area contributed by atoms with Gasteiger partial charge in [-0.25, -0.2) is 9.37 Å². The van der Waals surface area contributed by atoms with Crippen LogP contribution in [0.4, 0.5) is 4.39 Å². The third-order valence-corrected chi connectivity index (χ3v) is 2.82. The van der Waals surface area contributed by atoms with E-state index in [1.165, 1.54) is 0 Å². The van der Waals surface area contributed by atoms with Crippen molar-refractivity contribution < 1.29 is 4.39 Å². The van der Waals surface area contributed by atoms with Crippen LogP contribution in [0.1, 0.15) is 24.6 Å². The molecule has 0 saturated heterocycles. The molecule has 0 aliphatic carbocycles. The second kappa shape index (κ2) is 5.78. The number of nitrogens with one attached hydrogen (secondary N) is 1. The first-order valence-electron chi connectivity index (χ1n) is 6.21. The van der Waals surface area contributed by atoms with E-state index in [9.17, 15) is 4.39 Å². The summed E-state index contributed by atoms with van der Waals surface area (Å²) in [6.07, 6.45) is 4.61. The van der Waals surface area contributed by atoms with Gasteiger partial charge in [-0.05, 0) is 31.5 Å². The Labute approximate surface area is 107 Å². The quantitative estimate of drug-likeness (QED) is 0.823. The van der Waals surface area contributed by atoms with Crippen LogP contribution in [0.25, 0.3) is 5.69 Å². The molecule has 0 amide bonds. The van der Waals surface area contributed by atoms with Crippen LogP contribution in [-0.4, -0.2) is 16.1 Å². The first-order valence-corrected chi connectivity index (χ1v) is 6.21. The van der Waals surface area contributed by atoms with Crippen LogP contribution in [-0.2, 0) is 6.54 Å². The van der Waals surface area contributed by atoms with Gasteiger partial charge in [0, 0.05) is 12.7 Å². The van der Waals surface area contributed by atoms with E-state index in [-0.39, 0.29) is 5.82 Å². The Kier molecular flexibility index (Phi) is 4.10. The van der Waals surface area contributed by atoms with Crippen molar-refractivity contribution in [3.8, 4) is 5.69 Å². The molecule has 1 aromatic heterocycles. The summed E-state index contributed by atoms with van der Waals surface area (Å²) in [5.41, 5.74) is 2.11. The monoisotopic (exact) mass is 247 g/mol. The number of aryl methyl sites for hydroxylation is 1. The highest BCUT2D eigenvalue weighted by molar-refractivity contribution is 5.37. The lowest BCUT2D eigenvalue weighted by molar-refractivity contribution is 0.609. The van der Waals surface area contributed by atoms with E-state index in [0.29, 0.717) is 17.8 Å². The number of hydrogen-bond acceptors (Lipinski definition) is 2. The Morgan fingerprint density at radius 1 is 1.39 bits per heavy atom. The molecule has 2 aromatic rings. The highest BCUT2D eigenvalue weighted by Crippen LogP contribution is 2.16. The second-order valence-electron chi connectivity index (χ2n) is 4.36. The third kappa shape index (κ3) is 2.76. The van der Waals surface area contributed by atoms with E-state index < -0.39 is 0 Å². The van der Waals surface area contributed by atoms with E-state index in [1.807, 2.05) is 12.3 Å². The number of rotatable bonds is 5. The minimum atomic E-state index is -0.192. The largest absolute Gasteiger partial charge is 0.311 e. The molecular formula is C14H18FN3. The van der Waals surface area contributed by atoms with Crippen LogP contribution in [0, 0.1) is 12.7 Å². The van der Waals surface area contributed by atoms with Gasteiger partial charge in [-0.2, -0.15) is 0 Å². The molecule has 2 rings (SSSR count). The van der Waals surface area contributed by atoms with Crippen molar-refractivity contribution in [2.75, 3.05) is 6.54 Å². The molecule has 0 aliphatic rings. The third-order valence-electron chi connectivity index (χ3n) is 2.82. The van der Waals surface area contributed by atoms with E-state index in [2.05, 4.69) is 17.2 Å². The summed E-state index contributed by atoms with van der Waals surface area (Å²) in [7, 11) is 0. The molecular weight excluding hydrogens is 229 g/mol. The van der Waals surface area contributed by atoms with Gasteiger partial charge in [0.25, 0.3) is 0 Å². The van der Waals surface area contributed by atoms with Crippen LogP contribution in [0.2, 0.25) is 0 Å². The SMILES string of the molecule is CCCNCc1cn(-c2cccc(C)c2F)cn1. The standard InChI is InChI=1S/C14H18FN3/c1-3-7-16-8-12-9-18(10-17-12)13-6-4-5-11(2)14(13)15/h4-6,9-10,16H,3,7-8H2,1-2H3. The zero-order valence-electron chi connectivity index (χ0n) is 10.8. The second-order valence-corrected chi connectivity index (χ2v) is 4.36. The molecule has 96 valence electrons. The van der Waals surface area contributed by atoms with Gasteiger partial charge in [0.15, 0.2) is 0 Å². The molecule has 4 heteroatoms. The fraction of sp³-hybridized carbons (Fsp3) is 0.357. The summed E-state index contributed by atoms with van der Waals surface area (Å²) in [5, 5.41) is 3.27. The molecule has 1 aromatic carbocycles. The number of aromatic nitrogens is 2. The molecule has 0 aliphatic heterocycles. The molecule has 0 atom stereocenters. The minimum Gasteiger partial charge on any atom is -0.311 e. The molecule has 1 N–H and O–H groups in total. The van der Waals surface area contributed by atoms with Gasteiger partial charge in [0.2, 0.25) is 0 Å². The molecule has 18 heavy (non-hydrogen) atoms. The van der Waals surface area contributed by atoms with Crippen LogP contribution >= 0.6 is 0 Å². The Morgan fingerprint density at radius 3 is 3.00 bits per heavy atom. The van der Waals surface area contributed by atoms with Gasteiger partial charge in [-0.15, -0.1) is 0 Å². The summed E-state index contributed by atoms with van der Waals surface area (Å²) in [5.74, 6) is -0.192. The van der Waals surface area contributed by atoms with Gasteiger partial charge >= 0.3 is 0 Å². The molecule has 0 spiro atoms. The number of imidazole rings is 1. The maximum atomic E-state index is 13.9. The van der Waals surface area contributed by atoms with Crippen LogP contribution in [0.15, 0.2) is 30.7 Å². The maximum Gasteiger partial charge on any atom is 0.150 e. The maximum absolute atomic E-state index is 13.9. The van der Waals surface area contributed by atoms with Crippen LogP contribution in [0.5, 0.6) is 0 Å². The van der Waals surface area contributed by atoms with Crippen LogP contribution in [0.3, 0.4) is 0 Å². The number of hydrogen-bond donors (Lipinski definition) is 1. The van der Waals surface area contributed by atoms with Crippen molar-refractivity contribution in [2.24, 2.45) is 0 Å². The molecule has 0 saturated carbocycles. The van der Waals surface area contributed by atoms with Crippen molar-refractivity contribution in [2.45, 2.75) is 26.8 Å². The van der Waals surface area contributed by atoms with E-state index in [0.717, 1.165) is 18.7 Å². The summed E-state index contributed by atoms with van der Waals surface area (Å²) in [6.45, 7) is 5.56. The van der Waals surface area contributed by atoms with Crippen molar-refractivity contribution in [1.29, 1.82) is 0 Å². The summed E-state index contributed by atoms with van der Waals surface area (Å²) in [6, 6.07) is 5.37. The molecule has 0 fully saturated rings. The van der Waals surface area contributed by atoms with E-state index in [4.69, 9.17) is 0 Å². The predicted octanol–water partition coefficient (Wildman–Crippen LogP) is 2.82. The number of benzene rings is 1. The number of halogens is 1. The first kappa shape index (κ1) is 12.8. The predicted molar refractivity (Wildman–Crippen MR) is 70.3 cm³/mol. The Bertz CT molecular complexity index is 520. The van der Waals surface area contributed by atoms with Gasteiger partial charge in [0.05, 0.1) is 17.7 Å². The zero-order chi connectivity index (χ0) is 13.0.